The van der Waals surface area contributed by atoms with E-state index in [0.717, 1.165) is 10.5 Å². The van der Waals surface area contributed by atoms with E-state index >= 15 is 0 Å². The zero-order valence-corrected chi connectivity index (χ0v) is 20.5. The fourth-order valence-corrected chi connectivity index (χ4v) is 4.38. The van der Waals surface area contributed by atoms with E-state index in [4.69, 9.17) is 14.2 Å². The number of carbonyl (C=O) groups is 2. The molecule has 3 aromatic rings. The second kappa shape index (κ2) is 11.6. The molecule has 0 spiro atoms. The predicted molar refractivity (Wildman–Crippen MR) is 131 cm³/mol. The Morgan fingerprint density at radius 2 is 1.68 bits per heavy atom. The van der Waals surface area contributed by atoms with Crippen molar-refractivity contribution in [2.75, 3.05) is 13.7 Å². The lowest BCUT2D eigenvalue weighted by Crippen LogP contribution is -2.50. The molecule has 0 saturated heterocycles. The SMILES string of the molecule is COc1ccc2c(c1OCc1ccccc1)CC(C(=O)O)N(C(=O)[C@@H](OCC(F)(F)F)c1ccccc1)C2. The third-order valence-electron chi connectivity index (χ3n) is 6.19. The zero-order chi connectivity index (χ0) is 27.3. The first-order chi connectivity index (χ1) is 18.2. The van der Waals surface area contributed by atoms with Crippen LogP contribution in [-0.4, -0.2) is 47.8 Å². The molecule has 3 aromatic carbocycles. The molecular formula is C28H26F3NO6. The number of carboxylic acid groups (broad SMARTS) is 1. The number of carboxylic acids is 1. The van der Waals surface area contributed by atoms with E-state index in [9.17, 15) is 27.9 Å². The zero-order valence-electron chi connectivity index (χ0n) is 20.5. The summed E-state index contributed by atoms with van der Waals surface area (Å²) < 4.78 is 55.5. The Labute approximate surface area is 217 Å². The number of alkyl halides is 3. The van der Waals surface area contributed by atoms with Crippen LogP contribution in [0.1, 0.15) is 28.4 Å². The standard InChI is InChI=1S/C28H26F3NO6/c1-36-23-13-12-20-15-32(26(33)24(38-17-28(29,30)31)19-10-6-3-7-11-19)22(27(34)35)14-21(20)25(23)37-16-18-8-4-2-5-9-18/h2-13,22,24H,14-17H2,1H3,(H,34,35)/t22?,24-/m0/s1. The Morgan fingerprint density at radius 3 is 2.29 bits per heavy atom. The van der Waals surface area contributed by atoms with Crippen LogP contribution in [-0.2, 0) is 33.9 Å². The smallest absolute Gasteiger partial charge is 0.411 e. The van der Waals surface area contributed by atoms with Gasteiger partial charge >= 0.3 is 12.1 Å². The summed E-state index contributed by atoms with van der Waals surface area (Å²) in [5.74, 6) is -1.41. The summed E-state index contributed by atoms with van der Waals surface area (Å²) >= 11 is 0. The van der Waals surface area contributed by atoms with Crippen molar-refractivity contribution in [1.29, 1.82) is 0 Å². The fourth-order valence-electron chi connectivity index (χ4n) is 4.38. The van der Waals surface area contributed by atoms with Gasteiger partial charge in [0.2, 0.25) is 0 Å². The molecule has 0 saturated carbocycles. The van der Waals surface area contributed by atoms with Crippen LogP contribution < -0.4 is 9.47 Å². The molecule has 200 valence electrons. The van der Waals surface area contributed by atoms with Gasteiger partial charge in [0, 0.05) is 18.5 Å². The maximum atomic E-state index is 13.6. The number of fused-ring (bicyclic) bond motifs is 1. The van der Waals surface area contributed by atoms with Crippen LogP contribution >= 0.6 is 0 Å². The Bertz CT molecular complexity index is 1270. The number of amides is 1. The number of nitrogens with zero attached hydrogens (tertiary/aromatic N) is 1. The van der Waals surface area contributed by atoms with Crippen LogP contribution in [0.25, 0.3) is 0 Å². The summed E-state index contributed by atoms with van der Waals surface area (Å²) in [6.45, 7) is -1.61. The topological polar surface area (TPSA) is 85.3 Å². The molecule has 0 aromatic heterocycles. The normalized spacial score (nSPS) is 15.9. The number of aliphatic carboxylic acids is 1. The third-order valence-corrected chi connectivity index (χ3v) is 6.19. The molecule has 0 fully saturated rings. The van der Waals surface area contributed by atoms with Crippen LogP contribution in [0.4, 0.5) is 13.2 Å². The van der Waals surface area contributed by atoms with Crippen molar-refractivity contribution < 1.29 is 42.1 Å². The lowest BCUT2D eigenvalue weighted by Gasteiger charge is -2.37. The first-order valence-electron chi connectivity index (χ1n) is 11.8. The summed E-state index contributed by atoms with van der Waals surface area (Å²) in [5, 5.41) is 10.0. The molecule has 1 amide bonds. The van der Waals surface area contributed by atoms with Crippen LogP contribution in [0, 0.1) is 0 Å². The number of hydrogen-bond acceptors (Lipinski definition) is 5. The van der Waals surface area contributed by atoms with E-state index in [-0.39, 0.29) is 25.1 Å². The highest BCUT2D eigenvalue weighted by Gasteiger charge is 2.41. The molecule has 7 nitrogen and oxygen atoms in total. The number of methoxy groups -OCH3 is 1. The van der Waals surface area contributed by atoms with Gasteiger partial charge in [0.25, 0.3) is 5.91 Å². The average molecular weight is 530 g/mol. The molecule has 38 heavy (non-hydrogen) atoms. The van der Waals surface area contributed by atoms with Crippen LogP contribution in [0.2, 0.25) is 0 Å². The maximum absolute atomic E-state index is 13.6. The molecular weight excluding hydrogens is 503 g/mol. The minimum Gasteiger partial charge on any atom is -0.493 e. The van der Waals surface area contributed by atoms with E-state index in [0.29, 0.717) is 22.6 Å². The lowest BCUT2D eigenvalue weighted by molar-refractivity contribution is -0.193. The second-order valence-electron chi connectivity index (χ2n) is 8.75. The van der Waals surface area contributed by atoms with Gasteiger partial charge in [-0.25, -0.2) is 4.79 Å². The van der Waals surface area contributed by atoms with Crippen LogP contribution in [0.5, 0.6) is 11.5 Å². The molecule has 1 aliphatic rings. The highest BCUT2D eigenvalue weighted by atomic mass is 19.4. The summed E-state index contributed by atoms with van der Waals surface area (Å²) in [7, 11) is 1.47. The number of benzene rings is 3. The van der Waals surface area contributed by atoms with E-state index in [1.54, 1.807) is 30.3 Å². The second-order valence-corrected chi connectivity index (χ2v) is 8.75. The van der Waals surface area contributed by atoms with Crippen molar-refractivity contribution in [1.82, 2.24) is 4.90 Å². The van der Waals surface area contributed by atoms with Gasteiger partial charge in [-0.2, -0.15) is 13.2 Å². The maximum Gasteiger partial charge on any atom is 0.411 e. The van der Waals surface area contributed by atoms with Gasteiger partial charge in [0.15, 0.2) is 17.6 Å². The number of carbonyl (C=O) groups excluding carboxylic acids is 1. The molecule has 2 atom stereocenters. The Morgan fingerprint density at radius 1 is 1.03 bits per heavy atom. The summed E-state index contributed by atoms with van der Waals surface area (Å²) in [6.07, 6.45) is -6.43. The molecule has 1 N–H and O–H groups in total. The van der Waals surface area contributed by atoms with Gasteiger partial charge in [0.1, 0.15) is 19.3 Å². The van der Waals surface area contributed by atoms with E-state index in [1.165, 1.54) is 19.2 Å². The highest BCUT2D eigenvalue weighted by Crippen LogP contribution is 2.40. The Hall–Kier alpha value is -4.05. The predicted octanol–water partition coefficient (Wildman–Crippen LogP) is 4.93. The van der Waals surface area contributed by atoms with Gasteiger partial charge in [-0.15, -0.1) is 0 Å². The summed E-state index contributed by atoms with van der Waals surface area (Å²) in [6, 6.07) is 19.1. The quantitative estimate of drug-likeness (QED) is 0.423. The Kier molecular flexibility index (Phi) is 8.21. The minimum atomic E-state index is -4.67. The highest BCUT2D eigenvalue weighted by molar-refractivity contribution is 5.88. The number of rotatable bonds is 9. The molecule has 1 heterocycles. The molecule has 10 heteroatoms. The molecule has 4 rings (SSSR count). The average Bonchev–Trinajstić information content (AvgIpc) is 2.91. The Balaban J connectivity index is 1.67. The van der Waals surface area contributed by atoms with Gasteiger partial charge in [0.05, 0.1) is 7.11 Å². The molecule has 0 bridgehead atoms. The molecule has 0 aliphatic carbocycles. The summed E-state index contributed by atoms with van der Waals surface area (Å²) in [4.78, 5) is 26.9. The van der Waals surface area contributed by atoms with Crippen molar-refractivity contribution in [3.63, 3.8) is 0 Å². The lowest BCUT2D eigenvalue weighted by atomic mass is 9.91. The van der Waals surface area contributed by atoms with E-state index in [2.05, 4.69) is 0 Å². The van der Waals surface area contributed by atoms with Crippen molar-refractivity contribution in [3.8, 4) is 11.5 Å². The first-order valence-corrected chi connectivity index (χ1v) is 11.8. The number of ether oxygens (including phenoxy) is 3. The molecule has 0 radical (unpaired) electrons. The monoisotopic (exact) mass is 529 g/mol. The van der Waals surface area contributed by atoms with Gasteiger partial charge < -0.3 is 24.2 Å². The van der Waals surface area contributed by atoms with E-state index in [1.807, 2.05) is 30.3 Å². The number of hydrogen-bond donors (Lipinski definition) is 1. The van der Waals surface area contributed by atoms with E-state index < -0.39 is 36.8 Å². The minimum absolute atomic E-state index is 0.126. The van der Waals surface area contributed by atoms with Crippen molar-refractivity contribution in [2.45, 2.75) is 37.9 Å². The van der Waals surface area contributed by atoms with Gasteiger partial charge in [-0.3, -0.25) is 4.79 Å². The summed E-state index contributed by atoms with van der Waals surface area (Å²) in [5.41, 5.74) is 2.24. The van der Waals surface area contributed by atoms with Crippen molar-refractivity contribution in [3.05, 3.63) is 95.1 Å². The van der Waals surface area contributed by atoms with Gasteiger partial charge in [-0.05, 0) is 22.8 Å². The third kappa shape index (κ3) is 6.25. The van der Waals surface area contributed by atoms with Crippen LogP contribution in [0.15, 0.2) is 72.8 Å². The molecule has 1 unspecified atom stereocenters. The first kappa shape index (κ1) is 27.0. The largest absolute Gasteiger partial charge is 0.493 e. The van der Waals surface area contributed by atoms with Gasteiger partial charge in [-0.1, -0.05) is 66.7 Å². The fraction of sp³-hybridized carbons (Fsp3) is 0.286. The molecule has 1 aliphatic heterocycles. The van der Waals surface area contributed by atoms with Crippen molar-refractivity contribution in [2.24, 2.45) is 0 Å². The van der Waals surface area contributed by atoms with Crippen molar-refractivity contribution >= 4 is 11.9 Å². The number of halogens is 3. The van der Waals surface area contributed by atoms with Crippen LogP contribution in [0.3, 0.4) is 0 Å².